The van der Waals surface area contributed by atoms with Gasteiger partial charge in [0.1, 0.15) is 0 Å². The van der Waals surface area contributed by atoms with Crippen LogP contribution in [0.25, 0.3) is 0 Å². The molecule has 1 aromatic rings. The van der Waals surface area contributed by atoms with Crippen molar-refractivity contribution in [3.05, 3.63) is 35.9 Å². The van der Waals surface area contributed by atoms with Crippen molar-refractivity contribution in [3.8, 4) is 0 Å². The van der Waals surface area contributed by atoms with Gasteiger partial charge in [-0.2, -0.15) is 0 Å². The second kappa shape index (κ2) is 7.26. The highest BCUT2D eigenvalue weighted by Crippen LogP contribution is 2.43. The van der Waals surface area contributed by atoms with Gasteiger partial charge in [-0.1, -0.05) is 70.4 Å². The predicted octanol–water partition coefficient (Wildman–Crippen LogP) is 4.91. The minimum atomic E-state index is 0.361. The van der Waals surface area contributed by atoms with Crippen LogP contribution in [0.3, 0.4) is 0 Å². The van der Waals surface area contributed by atoms with E-state index in [0.29, 0.717) is 11.5 Å². The predicted molar refractivity (Wildman–Crippen MR) is 88.1 cm³/mol. The molecular formula is C19H31N. The zero-order valence-corrected chi connectivity index (χ0v) is 13.5. The molecule has 0 aromatic heterocycles. The summed E-state index contributed by atoms with van der Waals surface area (Å²) in [6.07, 6.45) is 8.16. The molecule has 1 aromatic carbocycles. The van der Waals surface area contributed by atoms with Crippen molar-refractivity contribution in [2.24, 2.45) is 5.92 Å². The summed E-state index contributed by atoms with van der Waals surface area (Å²) in [6, 6.07) is 11.9. The SMILES string of the molecule is CCNC(CC(C)C)C1(c2ccccc2)CCCCC1. The van der Waals surface area contributed by atoms with Crippen molar-refractivity contribution in [1.29, 1.82) is 0 Å². The number of hydrogen-bond donors (Lipinski definition) is 1. The molecule has 0 heterocycles. The summed E-state index contributed by atoms with van der Waals surface area (Å²) in [6.45, 7) is 8.03. The number of rotatable bonds is 6. The van der Waals surface area contributed by atoms with E-state index >= 15 is 0 Å². The van der Waals surface area contributed by atoms with Crippen LogP contribution in [0.15, 0.2) is 30.3 Å². The van der Waals surface area contributed by atoms with Crippen molar-refractivity contribution < 1.29 is 0 Å². The summed E-state index contributed by atoms with van der Waals surface area (Å²) in [7, 11) is 0. The van der Waals surface area contributed by atoms with E-state index in [2.05, 4.69) is 56.4 Å². The van der Waals surface area contributed by atoms with E-state index in [0.717, 1.165) is 12.5 Å². The van der Waals surface area contributed by atoms with Crippen LogP contribution >= 0.6 is 0 Å². The Hall–Kier alpha value is -0.820. The van der Waals surface area contributed by atoms with Gasteiger partial charge in [0.25, 0.3) is 0 Å². The van der Waals surface area contributed by atoms with Gasteiger partial charge in [0.15, 0.2) is 0 Å². The van der Waals surface area contributed by atoms with E-state index in [9.17, 15) is 0 Å². The smallest absolute Gasteiger partial charge is 0.0166 e. The maximum absolute atomic E-state index is 3.82. The van der Waals surface area contributed by atoms with Gasteiger partial charge in [-0.3, -0.25) is 0 Å². The van der Waals surface area contributed by atoms with Crippen LogP contribution in [-0.2, 0) is 5.41 Å². The lowest BCUT2D eigenvalue weighted by atomic mass is 9.63. The molecule has 1 N–H and O–H groups in total. The highest BCUT2D eigenvalue weighted by molar-refractivity contribution is 5.28. The summed E-state index contributed by atoms with van der Waals surface area (Å²) >= 11 is 0. The van der Waals surface area contributed by atoms with Crippen LogP contribution in [-0.4, -0.2) is 12.6 Å². The molecule has 1 saturated carbocycles. The number of likely N-dealkylation sites (N-methyl/N-ethyl adjacent to an activating group) is 1. The highest BCUT2D eigenvalue weighted by atomic mass is 14.9. The molecule has 1 heteroatoms. The molecule has 1 fully saturated rings. The monoisotopic (exact) mass is 273 g/mol. The Morgan fingerprint density at radius 2 is 1.70 bits per heavy atom. The molecule has 0 amide bonds. The molecule has 0 saturated heterocycles. The maximum Gasteiger partial charge on any atom is 0.0166 e. The van der Waals surface area contributed by atoms with Crippen molar-refractivity contribution in [2.75, 3.05) is 6.54 Å². The summed E-state index contributed by atoms with van der Waals surface area (Å²) in [4.78, 5) is 0. The molecular weight excluding hydrogens is 242 g/mol. The third-order valence-electron chi connectivity index (χ3n) is 4.92. The summed E-state index contributed by atoms with van der Waals surface area (Å²) < 4.78 is 0. The largest absolute Gasteiger partial charge is 0.313 e. The lowest BCUT2D eigenvalue weighted by Crippen LogP contribution is -2.50. The van der Waals surface area contributed by atoms with E-state index in [1.807, 2.05) is 0 Å². The third kappa shape index (κ3) is 3.44. The van der Waals surface area contributed by atoms with E-state index in [-0.39, 0.29) is 0 Å². The molecule has 0 radical (unpaired) electrons. The van der Waals surface area contributed by atoms with Gasteiger partial charge in [0, 0.05) is 11.5 Å². The molecule has 1 nitrogen and oxygen atoms in total. The van der Waals surface area contributed by atoms with Crippen molar-refractivity contribution in [2.45, 2.75) is 70.8 Å². The normalized spacial score (nSPS) is 20.0. The van der Waals surface area contributed by atoms with Crippen LogP contribution in [0.2, 0.25) is 0 Å². The fourth-order valence-electron chi connectivity index (χ4n) is 4.01. The summed E-state index contributed by atoms with van der Waals surface area (Å²) in [5, 5.41) is 3.82. The Morgan fingerprint density at radius 3 is 2.25 bits per heavy atom. The first-order chi connectivity index (χ1) is 9.69. The topological polar surface area (TPSA) is 12.0 Å². The average molecular weight is 273 g/mol. The molecule has 1 aliphatic carbocycles. The first kappa shape index (κ1) is 15.6. The standard InChI is InChI=1S/C19H31N/c1-4-20-18(15-16(2)3)19(13-9-6-10-14-19)17-11-7-5-8-12-17/h5,7-8,11-12,16,18,20H,4,6,9-10,13-15H2,1-3H3. The molecule has 1 aliphatic rings. The van der Waals surface area contributed by atoms with E-state index < -0.39 is 0 Å². The average Bonchev–Trinajstić information content (AvgIpc) is 2.48. The minimum Gasteiger partial charge on any atom is -0.313 e. The molecule has 0 aliphatic heterocycles. The van der Waals surface area contributed by atoms with Crippen LogP contribution in [0, 0.1) is 5.92 Å². The fraction of sp³-hybridized carbons (Fsp3) is 0.684. The zero-order chi connectivity index (χ0) is 14.4. The van der Waals surface area contributed by atoms with E-state index in [1.165, 1.54) is 38.5 Å². The van der Waals surface area contributed by atoms with Crippen molar-refractivity contribution >= 4 is 0 Å². The molecule has 2 rings (SSSR count). The van der Waals surface area contributed by atoms with E-state index in [4.69, 9.17) is 0 Å². The van der Waals surface area contributed by atoms with Gasteiger partial charge in [-0.15, -0.1) is 0 Å². The second-order valence-corrected chi connectivity index (χ2v) is 6.82. The lowest BCUT2D eigenvalue weighted by Gasteiger charge is -2.45. The fourth-order valence-corrected chi connectivity index (χ4v) is 4.01. The Balaban J connectivity index is 2.33. The molecule has 112 valence electrons. The first-order valence-corrected chi connectivity index (χ1v) is 8.48. The minimum absolute atomic E-state index is 0.361. The first-order valence-electron chi connectivity index (χ1n) is 8.48. The number of hydrogen-bond acceptors (Lipinski definition) is 1. The molecule has 1 atom stereocenters. The van der Waals surface area contributed by atoms with Crippen LogP contribution in [0.1, 0.15) is 64.9 Å². The number of nitrogens with one attached hydrogen (secondary N) is 1. The Morgan fingerprint density at radius 1 is 1.05 bits per heavy atom. The molecule has 1 unspecified atom stereocenters. The molecule has 0 bridgehead atoms. The maximum atomic E-state index is 3.82. The Kier molecular flexibility index (Phi) is 5.65. The van der Waals surface area contributed by atoms with Gasteiger partial charge in [0.05, 0.1) is 0 Å². The molecule has 20 heavy (non-hydrogen) atoms. The third-order valence-corrected chi connectivity index (χ3v) is 4.92. The van der Waals surface area contributed by atoms with Gasteiger partial charge < -0.3 is 5.32 Å². The van der Waals surface area contributed by atoms with Crippen molar-refractivity contribution in [1.82, 2.24) is 5.32 Å². The summed E-state index contributed by atoms with van der Waals surface area (Å²) in [5.74, 6) is 0.751. The van der Waals surface area contributed by atoms with Crippen LogP contribution in [0.5, 0.6) is 0 Å². The Labute approximate surface area is 125 Å². The van der Waals surface area contributed by atoms with E-state index in [1.54, 1.807) is 5.56 Å². The van der Waals surface area contributed by atoms with Gasteiger partial charge in [0.2, 0.25) is 0 Å². The number of benzene rings is 1. The highest BCUT2D eigenvalue weighted by Gasteiger charge is 2.40. The van der Waals surface area contributed by atoms with Crippen molar-refractivity contribution in [3.63, 3.8) is 0 Å². The molecule has 0 spiro atoms. The van der Waals surface area contributed by atoms with Gasteiger partial charge >= 0.3 is 0 Å². The quantitative estimate of drug-likeness (QED) is 0.776. The lowest BCUT2D eigenvalue weighted by molar-refractivity contribution is 0.192. The van der Waals surface area contributed by atoms with Gasteiger partial charge in [-0.25, -0.2) is 0 Å². The van der Waals surface area contributed by atoms with Crippen LogP contribution < -0.4 is 5.32 Å². The zero-order valence-electron chi connectivity index (χ0n) is 13.5. The second-order valence-electron chi connectivity index (χ2n) is 6.82. The summed E-state index contributed by atoms with van der Waals surface area (Å²) in [5.41, 5.74) is 1.92. The van der Waals surface area contributed by atoms with Crippen LogP contribution in [0.4, 0.5) is 0 Å². The van der Waals surface area contributed by atoms with Gasteiger partial charge in [-0.05, 0) is 37.3 Å². The Bertz CT molecular complexity index is 376.